The zero-order valence-corrected chi connectivity index (χ0v) is 14.5. The largest absolute Gasteiger partial charge is 0.389 e. The number of hydrogen-bond acceptors (Lipinski definition) is 4. The van der Waals surface area contributed by atoms with Crippen LogP contribution in [0.2, 0.25) is 0 Å². The molecule has 1 N–H and O–H groups in total. The summed E-state index contributed by atoms with van der Waals surface area (Å²) < 4.78 is 7.43. The van der Waals surface area contributed by atoms with Crippen LogP contribution in [0.25, 0.3) is 10.9 Å². The van der Waals surface area contributed by atoms with Gasteiger partial charge in [-0.2, -0.15) is 0 Å². The number of rotatable bonds is 5. The second-order valence-corrected chi connectivity index (χ2v) is 6.79. The number of fused-ring (bicyclic) bond motifs is 2. The Balaban J connectivity index is 1.43. The average Bonchev–Trinajstić information content (AvgIpc) is 2.69. The van der Waals surface area contributed by atoms with Gasteiger partial charge in [-0.1, -0.05) is 36.4 Å². The van der Waals surface area contributed by atoms with Crippen LogP contribution in [-0.4, -0.2) is 27.4 Å². The highest BCUT2D eigenvalue weighted by Crippen LogP contribution is 2.32. The van der Waals surface area contributed by atoms with Gasteiger partial charge in [0.05, 0.1) is 42.6 Å². The highest BCUT2D eigenvalue weighted by atomic mass is 16.5. The standard InChI is InChI=1S/C21H22N2O3/c24-16(12-23-14-22-19-10-4-3-9-18(19)21(23)25)13-26-20-11-5-7-15-6-1-2-8-17(15)20/h1-4,6,8-10,14,16,20,24H,5,7,11-13H2/t16-,20+/m0/s1. The molecule has 1 aliphatic rings. The van der Waals surface area contributed by atoms with Crippen molar-refractivity contribution in [2.24, 2.45) is 0 Å². The first-order chi connectivity index (χ1) is 12.7. The molecule has 0 amide bonds. The molecule has 0 bridgehead atoms. The number of benzene rings is 2. The van der Waals surface area contributed by atoms with Crippen molar-refractivity contribution in [2.75, 3.05) is 6.61 Å². The lowest BCUT2D eigenvalue weighted by atomic mass is 9.89. The van der Waals surface area contributed by atoms with Crippen molar-refractivity contribution in [1.29, 1.82) is 0 Å². The second-order valence-electron chi connectivity index (χ2n) is 6.79. The third-order valence-corrected chi connectivity index (χ3v) is 4.94. The summed E-state index contributed by atoms with van der Waals surface area (Å²) in [4.78, 5) is 16.8. The summed E-state index contributed by atoms with van der Waals surface area (Å²) in [6.07, 6.45) is 3.87. The van der Waals surface area contributed by atoms with E-state index >= 15 is 0 Å². The molecule has 2 aromatic carbocycles. The Bertz CT molecular complexity index is 967. The van der Waals surface area contributed by atoms with Gasteiger partial charge >= 0.3 is 0 Å². The van der Waals surface area contributed by atoms with Gasteiger partial charge in [0.1, 0.15) is 0 Å². The molecule has 1 heterocycles. The topological polar surface area (TPSA) is 64.4 Å². The van der Waals surface area contributed by atoms with Gasteiger partial charge in [-0.3, -0.25) is 9.36 Å². The van der Waals surface area contributed by atoms with Gasteiger partial charge < -0.3 is 9.84 Å². The summed E-state index contributed by atoms with van der Waals surface area (Å²) in [5.41, 5.74) is 3.07. The highest BCUT2D eigenvalue weighted by Gasteiger charge is 2.21. The van der Waals surface area contributed by atoms with Crippen molar-refractivity contribution < 1.29 is 9.84 Å². The molecule has 0 saturated heterocycles. The summed E-state index contributed by atoms with van der Waals surface area (Å²) in [6.45, 7) is 0.364. The van der Waals surface area contributed by atoms with E-state index in [4.69, 9.17) is 4.74 Å². The smallest absolute Gasteiger partial charge is 0.261 e. The number of ether oxygens (including phenoxy) is 1. The first-order valence-electron chi connectivity index (χ1n) is 9.04. The monoisotopic (exact) mass is 350 g/mol. The summed E-state index contributed by atoms with van der Waals surface area (Å²) >= 11 is 0. The third-order valence-electron chi connectivity index (χ3n) is 4.94. The van der Waals surface area contributed by atoms with Gasteiger partial charge in [0, 0.05) is 0 Å². The van der Waals surface area contributed by atoms with Crippen LogP contribution >= 0.6 is 0 Å². The van der Waals surface area contributed by atoms with E-state index in [0.29, 0.717) is 10.9 Å². The van der Waals surface area contributed by atoms with Crippen LogP contribution in [0, 0.1) is 0 Å². The second kappa shape index (κ2) is 7.40. The van der Waals surface area contributed by atoms with Crippen LogP contribution < -0.4 is 5.56 Å². The van der Waals surface area contributed by atoms with Crippen LogP contribution in [0.3, 0.4) is 0 Å². The summed E-state index contributed by atoms with van der Waals surface area (Å²) in [5.74, 6) is 0. The molecule has 0 aliphatic heterocycles. The Kier molecular flexibility index (Phi) is 4.82. The number of para-hydroxylation sites is 1. The molecule has 1 aromatic heterocycles. The minimum atomic E-state index is -0.759. The van der Waals surface area contributed by atoms with Crippen molar-refractivity contribution in [3.8, 4) is 0 Å². The van der Waals surface area contributed by atoms with Crippen LogP contribution in [-0.2, 0) is 17.7 Å². The van der Waals surface area contributed by atoms with Gasteiger partial charge in [-0.25, -0.2) is 4.98 Å². The predicted molar refractivity (Wildman–Crippen MR) is 100 cm³/mol. The minimum Gasteiger partial charge on any atom is -0.389 e. The van der Waals surface area contributed by atoms with E-state index in [1.165, 1.54) is 22.0 Å². The van der Waals surface area contributed by atoms with E-state index in [9.17, 15) is 9.90 Å². The molecule has 5 heteroatoms. The summed E-state index contributed by atoms with van der Waals surface area (Å²) in [7, 11) is 0. The molecule has 26 heavy (non-hydrogen) atoms. The molecule has 0 fully saturated rings. The van der Waals surface area contributed by atoms with Crippen molar-refractivity contribution >= 4 is 10.9 Å². The quantitative estimate of drug-likeness (QED) is 0.768. The third kappa shape index (κ3) is 3.41. The Morgan fingerprint density at radius 1 is 1.19 bits per heavy atom. The maximum absolute atomic E-state index is 12.5. The molecule has 0 spiro atoms. The van der Waals surface area contributed by atoms with Gasteiger partial charge in [-0.15, -0.1) is 0 Å². The predicted octanol–water partition coefficient (Wildman–Crippen LogP) is 2.85. The maximum atomic E-state index is 12.5. The van der Waals surface area contributed by atoms with Crippen LogP contribution in [0.4, 0.5) is 0 Å². The highest BCUT2D eigenvalue weighted by molar-refractivity contribution is 5.76. The number of aryl methyl sites for hydroxylation is 1. The van der Waals surface area contributed by atoms with Gasteiger partial charge in [0.25, 0.3) is 5.56 Å². The fourth-order valence-corrected chi connectivity index (χ4v) is 3.63. The molecular weight excluding hydrogens is 328 g/mol. The molecule has 0 radical (unpaired) electrons. The van der Waals surface area contributed by atoms with Crippen LogP contribution in [0.15, 0.2) is 59.7 Å². The fourth-order valence-electron chi connectivity index (χ4n) is 3.63. The first-order valence-corrected chi connectivity index (χ1v) is 9.04. The molecule has 2 atom stereocenters. The fraction of sp³-hybridized carbons (Fsp3) is 0.333. The Morgan fingerprint density at radius 3 is 2.92 bits per heavy atom. The van der Waals surface area contributed by atoms with E-state index in [2.05, 4.69) is 23.2 Å². The van der Waals surface area contributed by atoms with Crippen LogP contribution in [0.5, 0.6) is 0 Å². The first kappa shape index (κ1) is 16.9. The zero-order chi connectivity index (χ0) is 17.9. The lowest BCUT2D eigenvalue weighted by Gasteiger charge is -2.26. The van der Waals surface area contributed by atoms with Crippen molar-refractivity contribution in [3.05, 3.63) is 76.3 Å². The Morgan fingerprint density at radius 2 is 2.00 bits per heavy atom. The number of aromatic nitrogens is 2. The number of nitrogens with zero attached hydrogens (tertiary/aromatic N) is 2. The lowest BCUT2D eigenvalue weighted by molar-refractivity contribution is -0.0228. The van der Waals surface area contributed by atoms with Crippen LogP contribution in [0.1, 0.15) is 30.1 Å². The molecule has 0 saturated carbocycles. The molecule has 4 rings (SSSR count). The van der Waals surface area contributed by atoms with Gasteiger partial charge in [0.2, 0.25) is 0 Å². The van der Waals surface area contributed by atoms with Gasteiger partial charge in [-0.05, 0) is 42.5 Å². The van der Waals surface area contributed by atoms with E-state index < -0.39 is 6.10 Å². The molecule has 134 valence electrons. The minimum absolute atomic E-state index is 0.0149. The van der Waals surface area contributed by atoms with E-state index in [-0.39, 0.29) is 24.8 Å². The van der Waals surface area contributed by atoms with Crippen molar-refractivity contribution in [3.63, 3.8) is 0 Å². The molecular formula is C21H22N2O3. The number of aliphatic hydroxyl groups excluding tert-OH is 1. The van der Waals surface area contributed by atoms with Crippen molar-refractivity contribution in [1.82, 2.24) is 9.55 Å². The zero-order valence-electron chi connectivity index (χ0n) is 14.5. The lowest BCUT2D eigenvalue weighted by Crippen LogP contribution is -2.30. The Labute approximate surface area is 151 Å². The van der Waals surface area contributed by atoms with E-state index in [1.54, 1.807) is 12.1 Å². The summed E-state index contributed by atoms with van der Waals surface area (Å²) in [6, 6.07) is 15.5. The Hall–Kier alpha value is -2.50. The molecule has 3 aromatic rings. The SMILES string of the molecule is O=c1c2ccccc2ncn1C[C@H](O)CO[C@@H]1CCCc2ccccc21. The number of aliphatic hydroxyl groups is 1. The van der Waals surface area contributed by atoms with E-state index in [1.807, 2.05) is 18.2 Å². The van der Waals surface area contributed by atoms with E-state index in [0.717, 1.165) is 19.3 Å². The molecule has 1 aliphatic carbocycles. The summed E-state index contributed by atoms with van der Waals surface area (Å²) in [5, 5.41) is 10.9. The average molecular weight is 350 g/mol. The normalized spacial score (nSPS) is 17.8. The maximum Gasteiger partial charge on any atom is 0.261 e. The molecule has 5 nitrogen and oxygen atoms in total. The molecule has 0 unspecified atom stereocenters. The van der Waals surface area contributed by atoms with Gasteiger partial charge in [0.15, 0.2) is 0 Å². The number of hydrogen-bond donors (Lipinski definition) is 1. The van der Waals surface area contributed by atoms with Crippen molar-refractivity contribution in [2.45, 2.75) is 38.0 Å².